The summed E-state index contributed by atoms with van der Waals surface area (Å²) >= 11 is 1.21. The minimum absolute atomic E-state index is 0.0400. The SMILES string of the molecule is Cc1c(C(=O)NC2CCN(CC(F)F)CC2)sc2ncn(C)c(=O)c12. The molecule has 0 atom stereocenters. The number of aromatic nitrogens is 2. The fourth-order valence-electron chi connectivity index (χ4n) is 3.13. The van der Waals surface area contributed by atoms with Crippen molar-refractivity contribution in [2.75, 3.05) is 19.6 Å². The van der Waals surface area contributed by atoms with Crippen molar-refractivity contribution in [2.24, 2.45) is 7.05 Å². The number of nitrogens with zero attached hydrogens (tertiary/aromatic N) is 3. The lowest BCUT2D eigenvalue weighted by atomic mass is 10.0. The molecule has 6 nitrogen and oxygen atoms in total. The second kappa shape index (κ2) is 7.17. The van der Waals surface area contributed by atoms with Crippen LogP contribution >= 0.6 is 11.3 Å². The molecule has 0 aliphatic carbocycles. The van der Waals surface area contributed by atoms with Crippen molar-refractivity contribution >= 4 is 27.5 Å². The van der Waals surface area contributed by atoms with Crippen LogP contribution in [0.4, 0.5) is 8.78 Å². The highest BCUT2D eigenvalue weighted by molar-refractivity contribution is 7.20. The average Bonchev–Trinajstić information content (AvgIpc) is 2.90. The minimum atomic E-state index is -2.33. The van der Waals surface area contributed by atoms with Gasteiger partial charge in [0, 0.05) is 26.2 Å². The Bertz CT molecular complexity index is 841. The van der Waals surface area contributed by atoms with E-state index in [0.717, 1.165) is 0 Å². The van der Waals surface area contributed by atoms with Gasteiger partial charge in [0.15, 0.2) is 0 Å². The molecule has 25 heavy (non-hydrogen) atoms. The summed E-state index contributed by atoms with van der Waals surface area (Å²) in [6, 6.07) is -0.0400. The third-order valence-electron chi connectivity index (χ3n) is 4.54. The van der Waals surface area contributed by atoms with Crippen molar-refractivity contribution in [1.82, 2.24) is 19.8 Å². The van der Waals surface area contributed by atoms with Crippen molar-refractivity contribution < 1.29 is 13.6 Å². The first-order valence-electron chi connectivity index (χ1n) is 8.13. The Hall–Kier alpha value is -1.87. The maximum atomic E-state index is 12.6. The number of rotatable bonds is 4. The number of halogens is 2. The van der Waals surface area contributed by atoms with Gasteiger partial charge in [-0.1, -0.05) is 0 Å². The van der Waals surface area contributed by atoms with E-state index in [2.05, 4.69) is 10.3 Å². The first kappa shape index (κ1) is 17.9. The second-order valence-electron chi connectivity index (χ2n) is 6.34. The molecule has 2 aromatic rings. The summed E-state index contributed by atoms with van der Waals surface area (Å²) < 4.78 is 26.2. The molecule has 2 aromatic heterocycles. The molecule has 0 unspecified atom stereocenters. The van der Waals surface area contributed by atoms with E-state index in [0.29, 0.717) is 46.6 Å². The smallest absolute Gasteiger partial charge is 0.262 e. The van der Waals surface area contributed by atoms with Gasteiger partial charge in [-0.2, -0.15) is 0 Å². The van der Waals surface area contributed by atoms with Gasteiger partial charge >= 0.3 is 0 Å². The van der Waals surface area contributed by atoms with E-state index >= 15 is 0 Å². The molecule has 9 heteroatoms. The van der Waals surface area contributed by atoms with Crippen LogP contribution in [0.15, 0.2) is 11.1 Å². The predicted molar refractivity (Wildman–Crippen MR) is 92.5 cm³/mol. The first-order chi connectivity index (χ1) is 11.9. The van der Waals surface area contributed by atoms with E-state index in [1.807, 2.05) is 0 Å². The summed E-state index contributed by atoms with van der Waals surface area (Å²) in [6.07, 6.45) is 0.397. The molecular formula is C16H20F2N4O2S. The zero-order chi connectivity index (χ0) is 18.1. The highest BCUT2D eigenvalue weighted by Crippen LogP contribution is 2.27. The van der Waals surface area contributed by atoms with Crippen LogP contribution in [0.1, 0.15) is 28.1 Å². The average molecular weight is 370 g/mol. The van der Waals surface area contributed by atoms with Crippen LogP contribution in [0.25, 0.3) is 10.2 Å². The van der Waals surface area contributed by atoms with Gasteiger partial charge in [0.05, 0.1) is 23.1 Å². The molecule has 0 bridgehead atoms. The van der Waals surface area contributed by atoms with E-state index in [1.165, 1.54) is 22.2 Å². The van der Waals surface area contributed by atoms with E-state index in [4.69, 9.17) is 0 Å². The molecular weight excluding hydrogens is 350 g/mol. The Kier molecular flexibility index (Phi) is 5.14. The monoisotopic (exact) mass is 370 g/mol. The number of carbonyl (C=O) groups is 1. The lowest BCUT2D eigenvalue weighted by Crippen LogP contribution is -2.45. The molecule has 1 N–H and O–H groups in total. The highest BCUT2D eigenvalue weighted by atomic mass is 32.1. The molecule has 136 valence electrons. The van der Waals surface area contributed by atoms with E-state index in [1.54, 1.807) is 18.9 Å². The predicted octanol–water partition coefficient (Wildman–Crippen LogP) is 1.76. The van der Waals surface area contributed by atoms with Crippen LogP contribution in [0.5, 0.6) is 0 Å². The Balaban J connectivity index is 1.70. The van der Waals surface area contributed by atoms with Crippen molar-refractivity contribution in [2.45, 2.75) is 32.2 Å². The molecule has 1 amide bonds. The molecule has 0 spiro atoms. The fourth-order valence-corrected chi connectivity index (χ4v) is 4.17. The molecule has 1 aliphatic heterocycles. The van der Waals surface area contributed by atoms with Crippen LogP contribution in [0, 0.1) is 6.92 Å². The van der Waals surface area contributed by atoms with E-state index in [9.17, 15) is 18.4 Å². The largest absolute Gasteiger partial charge is 0.349 e. The summed E-state index contributed by atoms with van der Waals surface area (Å²) in [6.45, 7) is 2.62. The number of nitrogens with one attached hydrogen (secondary N) is 1. The molecule has 3 rings (SSSR count). The molecule has 0 radical (unpaired) electrons. The third kappa shape index (κ3) is 3.72. The van der Waals surface area contributed by atoms with Gasteiger partial charge in [0.1, 0.15) is 4.83 Å². The van der Waals surface area contributed by atoms with Crippen LogP contribution < -0.4 is 10.9 Å². The van der Waals surface area contributed by atoms with Gasteiger partial charge < -0.3 is 9.88 Å². The third-order valence-corrected chi connectivity index (χ3v) is 5.73. The summed E-state index contributed by atoms with van der Waals surface area (Å²) in [7, 11) is 1.62. The number of piperidine rings is 1. The number of aryl methyl sites for hydroxylation is 2. The number of alkyl halides is 2. The van der Waals surface area contributed by atoms with E-state index in [-0.39, 0.29) is 24.1 Å². The Morgan fingerprint density at radius 1 is 1.44 bits per heavy atom. The maximum absolute atomic E-state index is 12.6. The molecule has 1 saturated heterocycles. The van der Waals surface area contributed by atoms with Gasteiger partial charge in [0.25, 0.3) is 17.9 Å². The van der Waals surface area contributed by atoms with Gasteiger partial charge in [-0.25, -0.2) is 13.8 Å². The van der Waals surface area contributed by atoms with Crippen molar-refractivity contribution in [1.29, 1.82) is 0 Å². The number of hydrogen-bond acceptors (Lipinski definition) is 5. The lowest BCUT2D eigenvalue weighted by molar-refractivity contribution is 0.0697. The zero-order valence-electron chi connectivity index (χ0n) is 14.1. The summed E-state index contributed by atoms with van der Waals surface area (Å²) in [5, 5.41) is 3.44. The number of carbonyl (C=O) groups excluding carboxylic acids is 1. The van der Waals surface area contributed by atoms with Gasteiger partial charge in [-0.3, -0.25) is 14.5 Å². The minimum Gasteiger partial charge on any atom is -0.349 e. The van der Waals surface area contributed by atoms with Crippen LogP contribution in [0.3, 0.4) is 0 Å². The standard InChI is InChI=1S/C16H20F2N4O2S/c1-9-12-15(19-8-21(2)16(12)24)25-13(9)14(23)20-10-3-5-22(6-4-10)7-11(17)18/h8,10-11H,3-7H2,1-2H3,(H,20,23). The van der Waals surface area contributed by atoms with Crippen LogP contribution in [0.2, 0.25) is 0 Å². The number of amides is 1. The number of thiophene rings is 1. The Morgan fingerprint density at radius 3 is 2.76 bits per heavy atom. The maximum Gasteiger partial charge on any atom is 0.262 e. The topological polar surface area (TPSA) is 67.2 Å². The second-order valence-corrected chi connectivity index (χ2v) is 7.34. The molecule has 0 saturated carbocycles. The van der Waals surface area contributed by atoms with Crippen LogP contribution in [-0.2, 0) is 7.05 Å². The molecule has 1 fully saturated rings. The fraction of sp³-hybridized carbons (Fsp3) is 0.562. The quantitative estimate of drug-likeness (QED) is 0.891. The van der Waals surface area contributed by atoms with Crippen molar-refractivity contribution in [3.8, 4) is 0 Å². The zero-order valence-corrected chi connectivity index (χ0v) is 14.9. The first-order valence-corrected chi connectivity index (χ1v) is 8.94. The normalized spacial score (nSPS) is 16.7. The summed E-state index contributed by atoms with van der Waals surface area (Å²) in [4.78, 5) is 31.8. The number of fused-ring (bicyclic) bond motifs is 1. The summed E-state index contributed by atoms with van der Waals surface area (Å²) in [5.41, 5.74) is 0.472. The number of hydrogen-bond donors (Lipinski definition) is 1. The van der Waals surface area contributed by atoms with E-state index < -0.39 is 6.43 Å². The van der Waals surface area contributed by atoms with Crippen molar-refractivity contribution in [3.05, 3.63) is 27.1 Å². The van der Waals surface area contributed by atoms with Gasteiger partial charge in [-0.15, -0.1) is 11.3 Å². The Morgan fingerprint density at radius 2 is 2.12 bits per heavy atom. The summed E-state index contributed by atoms with van der Waals surface area (Å²) in [5.74, 6) is -0.227. The molecule has 0 aromatic carbocycles. The lowest BCUT2D eigenvalue weighted by Gasteiger charge is -2.31. The molecule has 3 heterocycles. The van der Waals surface area contributed by atoms with Crippen molar-refractivity contribution in [3.63, 3.8) is 0 Å². The highest BCUT2D eigenvalue weighted by Gasteiger charge is 2.25. The van der Waals surface area contributed by atoms with Gasteiger partial charge in [0.2, 0.25) is 0 Å². The van der Waals surface area contributed by atoms with Crippen LogP contribution in [-0.4, -0.2) is 52.5 Å². The number of likely N-dealkylation sites (tertiary alicyclic amines) is 1. The molecule has 1 aliphatic rings. The Labute approximate surface area is 147 Å². The van der Waals surface area contributed by atoms with Gasteiger partial charge in [-0.05, 0) is 25.3 Å².